The fourth-order valence-electron chi connectivity index (χ4n) is 4.69. The summed E-state index contributed by atoms with van der Waals surface area (Å²) in [6.07, 6.45) is 4.64. The number of aliphatic hydroxyl groups excluding tert-OH is 1. The number of carbonyl (C=O) groups excluding carboxylic acids is 3. The number of Topliss-reactive ketones (excluding diaryl/α,β-unsaturated/α-hetero) is 1. The number of aromatic nitrogens is 1. The number of carbonyl (C=O) groups is 3. The van der Waals surface area contributed by atoms with Crippen molar-refractivity contribution in [1.82, 2.24) is 9.88 Å². The van der Waals surface area contributed by atoms with Gasteiger partial charge >= 0.3 is 0 Å². The number of pyridine rings is 1. The molecular formula is C31H26N2O7. The Balaban J connectivity index is 1.59. The molecule has 0 spiro atoms. The largest absolute Gasteiger partial charge is 0.507 e. The van der Waals surface area contributed by atoms with E-state index in [0.29, 0.717) is 34.8 Å². The number of ether oxygens (including phenoxy) is 2. The number of hydrogen-bond donors (Lipinski definition) is 1. The van der Waals surface area contributed by atoms with Crippen LogP contribution >= 0.6 is 0 Å². The van der Waals surface area contributed by atoms with Crippen LogP contribution in [0.3, 0.4) is 0 Å². The van der Waals surface area contributed by atoms with Crippen LogP contribution in [0.2, 0.25) is 0 Å². The second-order valence-corrected chi connectivity index (χ2v) is 9.02. The minimum Gasteiger partial charge on any atom is -0.507 e. The summed E-state index contributed by atoms with van der Waals surface area (Å²) in [6, 6.07) is 17.0. The third-order valence-electron chi connectivity index (χ3n) is 6.58. The first-order chi connectivity index (χ1) is 19.4. The van der Waals surface area contributed by atoms with Crippen LogP contribution in [-0.4, -0.2) is 46.2 Å². The summed E-state index contributed by atoms with van der Waals surface area (Å²) in [4.78, 5) is 44.9. The molecule has 1 aliphatic rings. The molecule has 1 atom stereocenters. The molecule has 9 heteroatoms. The van der Waals surface area contributed by atoms with E-state index in [4.69, 9.17) is 13.9 Å². The van der Waals surface area contributed by atoms with Crippen LogP contribution in [0.1, 0.15) is 45.8 Å². The lowest BCUT2D eigenvalue weighted by molar-refractivity contribution is -0.140. The van der Waals surface area contributed by atoms with Gasteiger partial charge < -0.3 is 23.9 Å². The molecule has 5 rings (SSSR count). The quantitative estimate of drug-likeness (QED) is 0.138. The third kappa shape index (κ3) is 4.96. The number of nitrogens with zero attached hydrogens (tertiary/aromatic N) is 2. The van der Waals surface area contributed by atoms with Gasteiger partial charge in [-0.25, -0.2) is 0 Å². The summed E-state index contributed by atoms with van der Waals surface area (Å²) in [6.45, 7) is 2.36. The van der Waals surface area contributed by atoms with Gasteiger partial charge in [0.25, 0.3) is 11.7 Å². The van der Waals surface area contributed by atoms with Crippen LogP contribution < -0.4 is 9.47 Å². The average Bonchev–Trinajstić information content (AvgIpc) is 3.61. The maximum absolute atomic E-state index is 13.4. The van der Waals surface area contributed by atoms with Gasteiger partial charge in [0.2, 0.25) is 5.78 Å². The number of amides is 1. The lowest BCUT2D eigenvalue weighted by atomic mass is 9.94. The Labute approximate surface area is 230 Å². The molecule has 1 amide bonds. The van der Waals surface area contributed by atoms with Crippen molar-refractivity contribution in [2.45, 2.75) is 19.5 Å². The van der Waals surface area contributed by atoms with Crippen LogP contribution in [0.4, 0.5) is 0 Å². The highest BCUT2D eigenvalue weighted by molar-refractivity contribution is 6.46. The molecule has 0 radical (unpaired) electrons. The lowest BCUT2D eigenvalue weighted by Gasteiger charge is -2.26. The van der Waals surface area contributed by atoms with E-state index in [1.807, 2.05) is 6.92 Å². The van der Waals surface area contributed by atoms with Crippen molar-refractivity contribution < 1.29 is 33.4 Å². The van der Waals surface area contributed by atoms with Gasteiger partial charge in [-0.2, -0.15) is 0 Å². The van der Waals surface area contributed by atoms with E-state index in [0.717, 1.165) is 0 Å². The zero-order valence-electron chi connectivity index (χ0n) is 21.9. The van der Waals surface area contributed by atoms with Gasteiger partial charge in [-0.15, -0.1) is 0 Å². The molecule has 1 unspecified atom stereocenters. The molecule has 1 fully saturated rings. The maximum Gasteiger partial charge on any atom is 0.295 e. The van der Waals surface area contributed by atoms with Crippen LogP contribution in [0.15, 0.2) is 95.4 Å². The monoisotopic (exact) mass is 538 g/mol. The summed E-state index contributed by atoms with van der Waals surface area (Å²) < 4.78 is 16.3. The molecule has 3 heterocycles. The fraction of sp³-hybridized carbons (Fsp3) is 0.161. The van der Waals surface area contributed by atoms with Crippen molar-refractivity contribution in [1.29, 1.82) is 0 Å². The van der Waals surface area contributed by atoms with Gasteiger partial charge in [-0.05, 0) is 48.4 Å². The highest BCUT2D eigenvalue weighted by atomic mass is 16.5. The molecule has 0 bridgehead atoms. The van der Waals surface area contributed by atoms with Crippen molar-refractivity contribution >= 4 is 23.2 Å². The molecule has 1 N–H and O–H groups in total. The number of methoxy groups -OCH3 is 1. The predicted molar refractivity (Wildman–Crippen MR) is 145 cm³/mol. The number of ketones is 2. The van der Waals surface area contributed by atoms with Gasteiger partial charge in [0, 0.05) is 30.1 Å². The van der Waals surface area contributed by atoms with E-state index in [1.165, 1.54) is 42.5 Å². The van der Waals surface area contributed by atoms with Crippen molar-refractivity contribution in [3.8, 4) is 11.5 Å². The summed E-state index contributed by atoms with van der Waals surface area (Å²) in [7, 11) is 1.50. The summed E-state index contributed by atoms with van der Waals surface area (Å²) in [5.74, 6) is -1.15. The molecule has 202 valence electrons. The lowest BCUT2D eigenvalue weighted by Crippen LogP contribution is -2.29. The molecule has 1 aliphatic heterocycles. The topological polar surface area (TPSA) is 119 Å². The molecule has 9 nitrogen and oxygen atoms in total. The van der Waals surface area contributed by atoms with Crippen molar-refractivity contribution in [2.24, 2.45) is 0 Å². The van der Waals surface area contributed by atoms with Crippen LogP contribution in [-0.2, 0) is 16.1 Å². The Morgan fingerprint density at radius 2 is 1.80 bits per heavy atom. The fourth-order valence-corrected chi connectivity index (χ4v) is 4.69. The Bertz CT molecular complexity index is 1580. The van der Waals surface area contributed by atoms with E-state index in [2.05, 4.69) is 4.98 Å². The Kier molecular flexibility index (Phi) is 7.46. The van der Waals surface area contributed by atoms with Crippen molar-refractivity contribution in [3.05, 3.63) is 119 Å². The summed E-state index contributed by atoms with van der Waals surface area (Å²) in [5, 5.41) is 11.4. The predicted octanol–water partition coefficient (Wildman–Crippen LogP) is 4.93. The van der Waals surface area contributed by atoms with E-state index in [1.54, 1.807) is 54.9 Å². The van der Waals surface area contributed by atoms with E-state index in [9.17, 15) is 19.5 Å². The molecule has 40 heavy (non-hydrogen) atoms. The third-order valence-corrected chi connectivity index (χ3v) is 6.58. The number of hydrogen-bond acceptors (Lipinski definition) is 8. The number of aliphatic hydroxyl groups is 1. The molecular weight excluding hydrogens is 512 g/mol. The van der Waals surface area contributed by atoms with Gasteiger partial charge in [0.1, 0.15) is 5.76 Å². The first-order valence-corrected chi connectivity index (χ1v) is 12.6. The molecule has 1 saturated heterocycles. The summed E-state index contributed by atoms with van der Waals surface area (Å²) in [5.41, 5.74) is 1.81. The van der Waals surface area contributed by atoms with Crippen molar-refractivity contribution in [3.63, 3.8) is 0 Å². The SMILES string of the molecule is CCOc1ccc(C2/C(=C(\O)c3ccc(C(=O)c4ccco4)cc3)C(=O)C(=O)N2Cc2cccnc2)cc1OC. The zero-order valence-corrected chi connectivity index (χ0v) is 21.9. The highest BCUT2D eigenvalue weighted by Crippen LogP contribution is 2.42. The smallest absolute Gasteiger partial charge is 0.295 e. The van der Waals surface area contributed by atoms with Crippen LogP contribution in [0.25, 0.3) is 5.76 Å². The normalized spacial score (nSPS) is 16.2. The van der Waals surface area contributed by atoms with Gasteiger partial charge in [-0.3, -0.25) is 19.4 Å². The number of furan rings is 1. The van der Waals surface area contributed by atoms with Gasteiger partial charge in [0.05, 0.1) is 31.6 Å². The van der Waals surface area contributed by atoms with E-state index in [-0.39, 0.29) is 35.0 Å². The molecule has 0 aliphatic carbocycles. The minimum atomic E-state index is -0.922. The Morgan fingerprint density at radius 1 is 1.02 bits per heavy atom. The minimum absolute atomic E-state index is 0.0785. The number of rotatable bonds is 9. The van der Waals surface area contributed by atoms with Crippen LogP contribution in [0.5, 0.6) is 11.5 Å². The molecule has 2 aromatic heterocycles. The van der Waals surface area contributed by atoms with Crippen molar-refractivity contribution in [2.75, 3.05) is 13.7 Å². The molecule has 2 aromatic carbocycles. The number of likely N-dealkylation sites (tertiary alicyclic amines) is 1. The van der Waals surface area contributed by atoms with Gasteiger partial charge in [0.15, 0.2) is 17.3 Å². The van der Waals surface area contributed by atoms with E-state index < -0.39 is 17.7 Å². The maximum atomic E-state index is 13.4. The first-order valence-electron chi connectivity index (χ1n) is 12.6. The van der Waals surface area contributed by atoms with Crippen LogP contribution in [0, 0.1) is 0 Å². The Hall–Kier alpha value is -5.18. The summed E-state index contributed by atoms with van der Waals surface area (Å²) >= 11 is 0. The van der Waals surface area contributed by atoms with E-state index >= 15 is 0 Å². The number of benzene rings is 2. The molecule has 4 aromatic rings. The second kappa shape index (κ2) is 11.3. The standard InChI is InChI=1S/C31H26N2O7/c1-3-39-23-13-12-22(16-25(23)38-2)27-26(30(36)31(37)33(27)18-19-6-4-14-32-17-19)29(35)21-10-8-20(9-11-21)28(34)24-7-5-15-40-24/h4-17,27,35H,3,18H2,1-2H3/b29-26+. The zero-order chi connectivity index (χ0) is 28.2. The first kappa shape index (κ1) is 26.4. The highest BCUT2D eigenvalue weighted by Gasteiger charge is 2.46. The van der Waals surface area contributed by atoms with Gasteiger partial charge in [-0.1, -0.05) is 36.4 Å². The Morgan fingerprint density at radius 3 is 2.45 bits per heavy atom. The molecule has 0 saturated carbocycles. The second-order valence-electron chi connectivity index (χ2n) is 9.02. The average molecular weight is 539 g/mol.